The number of phenolic OH excluding ortho intramolecular Hbond substituents is 1. The van der Waals surface area contributed by atoms with E-state index in [1.54, 1.807) is 43.3 Å². The Morgan fingerprint density at radius 1 is 0.821 bits per heavy atom. The van der Waals surface area contributed by atoms with Crippen molar-refractivity contribution in [2.75, 3.05) is 35.4 Å². The highest BCUT2D eigenvalue weighted by atomic mass is 35.5. The molecule has 4 aromatic carbocycles. The van der Waals surface area contributed by atoms with Crippen molar-refractivity contribution in [3.8, 4) is 11.5 Å². The van der Waals surface area contributed by atoms with Crippen molar-refractivity contribution in [1.82, 2.24) is 0 Å². The van der Waals surface area contributed by atoms with Crippen LogP contribution in [0.5, 0.6) is 11.5 Å². The second-order valence-corrected chi connectivity index (χ2v) is 15.8. The Balaban J connectivity index is 1.16. The van der Waals surface area contributed by atoms with Gasteiger partial charge in [0.05, 0.1) is 41.2 Å². The molecule has 2 aliphatic carbocycles. The number of fused-ring (bicyclic) bond motifs is 4. The first-order chi connectivity index (χ1) is 26.8. The monoisotopic (exact) mass is 795 g/mol. The van der Waals surface area contributed by atoms with Gasteiger partial charge in [0.1, 0.15) is 5.82 Å². The summed E-state index contributed by atoms with van der Waals surface area (Å²) in [7, 11) is 3.89. The zero-order chi connectivity index (χ0) is 39.7. The summed E-state index contributed by atoms with van der Waals surface area (Å²) in [5, 5.41) is 19.2. The van der Waals surface area contributed by atoms with Crippen LogP contribution >= 0.6 is 23.2 Å². The quantitative estimate of drug-likeness (QED) is 0.0824. The largest absolute Gasteiger partial charge is 0.504 e. The average molecular weight is 797 g/mol. The molecule has 0 spiro atoms. The number of rotatable bonds is 8. The standard InChI is InChI=1S/C42H36Cl2FN5O6/c1-4-56-34-21-23(5-20-33(34)51)36-30-18-19-31-35(32(30)22-41(43)39(54)50(40(55)42(36,41)44)29-12-6-24(45)7-13-29)38(53)49(37(31)52)28-16-10-26(11-17-28)47-46-25-8-14-27(15-9-25)48(2)3/h5-18,20-21,31-32,35-36,51H,4,19,22H2,1-3H3/t31-,32+,35-,36-,41+,42-/m0/s1. The van der Waals surface area contributed by atoms with E-state index in [1.165, 1.54) is 18.2 Å². The summed E-state index contributed by atoms with van der Waals surface area (Å²) in [5.74, 6) is -6.71. The Morgan fingerprint density at radius 2 is 1.43 bits per heavy atom. The minimum Gasteiger partial charge on any atom is -0.504 e. The van der Waals surface area contributed by atoms with Gasteiger partial charge >= 0.3 is 0 Å². The van der Waals surface area contributed by atoms with E-state index in [0.717, 1.165) is 27.6 Å². The van der Waals surface area contributed by atoms with Crippen LogP contribution in [0.2, 0.25) is 0 Å². The minimum atomic E-state index is -2.13. The van der Waals surface area contributed by atoms with Crippen molar-refractivity contribution >= 4 is 75.3 Å². The summed E-state index contributed by atoms with van der Waals surface area (Å²) < 4.78 is 19.7. The number of imide groups is 2. The molecule has 14 heteroatoms. The Hall–Kier alpha value is -5.59. The zero-order valence-corrected chi connectivity index (χ0v) is 32.0. The molecule has 0 bridgehead atoms. The number of hydrogen-bond acceptors (Lipinski definition) is 9. The molecule has 0 unspecified atom stereocenters. The number of hydrogen-bond donors (Lipinski definition) is 1. The van der Waals surface area contributed by atoms with Crippen LogP contribution < -0.4 is 19.4 Å². The third-order valence-electron chi connectivity index (χ3n) is 11.3. The normalized spacial score (nSPS) is 27.0. The number of alkyl halides is 2. The van der Waals surface area contributed by atoms with Crippen LogP contribution in [0.15, 0.2) is 113 Å². The number of anilines is 3. The Kier molecular flexibility index (Phi) is 9.24. The Labute approximate surface area is 332 Å². The molecule has 1 N–H and O–H groups in total. The summed E-state index contributed by atoms with van der Waals surface area (Å²) in [4.78, 5) is 57.6. The van der Waals surface area contributed by atoms with E-state index in [2.05, 4.69) is 10.2 Å². The van der Waals surface area contributed by atoms with Crippen LogP contribution in [0.4, 0.5) is 32.8 Å². The van der Waals surface area contributed by atoms with E-state index in [9.17, 15) is 28.7 Å². The molecule has 286 valence electrons. The molecule has 4 amide bonds. The lowest BCUT2D eigenvalue weighted by Crippen LogP contribution is -2.60. The lowest BCUT2D eigenvalue weighted by Gasteiger charge is -2.50. The number of aromatic hydroxyl groups is 1. The fraction of sp³-hybridized carbons (Fsp3) is 0.286. The molecule has 2 aliphatic heterocycles. The Morgan fingerprint density at radius 3 is 2.05 bits per heavy atom. The number of ether oxygens (including phenoxy) is 1. The number of halogens is 3. The molecule has 56 heavy (non-hydrogen) atoms. The van der Waals surface area contributed by atoms with E-state index in [-0.39, 0.29) is 36.6 Å². The molecule has 2 saturated heterocycles. The SMILES string of the molecule is CCOc1cc([C@H]2C3=CC[C@@H]4C(=O)N(c5ccc(N=Nc6ccc(N(C)C)cc6)cc5)C(=O)[C@@H]4[C@@H]3C[C@@]3(Cl)C(=O)N(c4ccc(F)cc4)C(=O)[C@@]23Cl)ccc1O. The number of carbonyl (C=O) groups is 4. The molecule has 3 fully saturated rings. The van der Waals surface area contributed by atoms with Gasteiger partial charge in [-0.15, -0.1) is 23.2 Å². The maximum absolute atomic E-state index is 14.6. The number of phenols is 1. The summed E-state index contributed by atoms with van der Waals surface area (Å²) in [6.07, 6.45) is 1.75. The summed E-state index contributed by atoms with van der Waals surface area (Å²) >= 11 is 14.9. The lowest BCUT2D eigenvalue weighted by atomic mass is 9.56. The van der Waals surface area contributed by atoms with Crippen LogP contribution in [0, 0.1) is 23.6 Å². The molecule has 1 saturated carbocycles. The molecular weight excluding hydrogens is 760 g/mol. The lowest BCUT2D eigenvalue weighted by molar-refractivity contribution is -0.125. The van der Waals surface area contributed by atoms with Gasteiger partial charge in [-0.05, 0) is 116 Å². The first-order valence-corrected chi connectivity index (χ1v) is 18.9. The predicted octanol–water partition coefficient (Wildman–Crippen LogP) is 8.18. The third kappa shape index (κ3) is 5.68. The fourth-order valence-corrected chi connectivity index (χ4v) is 9.54. The number of carbonyl (C=O) groups excluding carboxylic acids is 4. The van der Waals surface area contributed by atoms with Gasteiger partial charge in [0.25, 0.3) is 11.8 Å². The molecule has 4 aromatic rings. The van der Waals surface area contributed by atoms with Gasteiger partial charge in [0.15, 0.2) is 21.2 Å². The average Bonchev–Trinajstić information content (AvgIpc) is 3.53. The van der Waals surface area contributed by atoms with Gasteiger partial charge < -0.3 is 14.7 Å². The molecule has 0 aromatic heterocycles. The number of amides is 4. The maximum Gasteiger partial charge on any atom is 0.258 e. The summed E-state index contributed by atoms with van der Waals surface area (Å²) in [6, 6.07) is 23.5. The van der Waals surface area contributed by atoms with E-state index in [0.29, 0.717) is 28.2 Å². The summed E-state index contributed by atoms with van der Waals surface area (Å²) in [5.41, 5.74) is 3.60. The van der Waals surface area contributed by atoms with Gasteiger partial charge in [0.2, 0.25) is 11.8 Å². The molecular formula is C42H36Cl2FN5O6. The van der Waals surface area contributed by atoms with Crippen LogP contribution in [-0.4, -0.2) is 59.2 Å². The number of benzene rings is 4. The van der Waals surface area contributed by atoms with Gasteiger partial charge in [-0.25, -0.2) is 9.29 Å². The maximum atomic E-state index is 14.6. The van der Waals surface area contributed by atoms with E-state index in [1.807, 2.05) is 49.3 Å². The number of azo groups is 1. The van der Waals surface area contributed by atoms with Crippen LogP contribution in [0.1, 0.15) is 31.2 Å². The van der Waals surface area contributed by atoms with Crippen LogP contribution in [-0.2, 0) is 19.2 Å². The van der Waals surface area contributed by atoms with Gasteiger partial charge in [-0.3, -0.25) is 24.1 Å². The van der Waals surface area contributed by atoms with Crippen molar-refractivity contribution < 1.29 is 33.4 Å². The number of nitrogens with zero attached hydrogens (tertiary/aromatic N) is 5. The predicted molar refractivity (Wildman–Crippen MR) is 210 cm³/mol. The highest BCUT2D eigenvalue weighted by Crippen LogP contribution is 2.66. The van der Waals surface area contributed by atoms with Crippen molar-refractivity contribution in [3.63, 3.8) is 0 Å². The first-order valence-electron chi connectivity index (χ1n) is 18.1. The van der Waals surface area contributed by atoms with E-state index < -0.39 is 62.9 Å². The molecule has 0 radical (unpaired) electrons. The second-order valence-electron chi connectivity index (χ2n) is 14.6. The fourth-order valence-electron chi connectivity index (χ4n) is 8.61. The van der Waals surface area contributed by atoms with Gasteiger partial charge in [-0.2, -0.15) is 10.2 Å². The molecule has 4 aliphatic rings. The van der Waals surface area contributed by atoms with Crippen LogP contribution in [0.3, 0.4) is 0 Å². The van der Waals surface area contributed by atoms with Crippen LogP contribution in [0.25, 0.3) is 0 Å². The van der Waals surface area contributed by atoms with Gasteiger partial charge in [-0.1, -0.05) is 17.7 Å². The molecule has 8 rings (SSSR count). The van der Waals surface area contributed by atoms with E-state index >= 15 is 0 Å². The minimum absolute atomic E-state index is 0.0775. The highest BCUT2D eigenvalue weighted by Gasteiger charge is 2.76. The van der Waals surface area contributed by atoms with Crippen molar-refractivity contribution in [2.24, 2.45) is 28.0 Å². The topological polar surface area (TPSA) is 132 Å². The van der Waals surface area contributed by atoms with Crippen molar-refractivity contribution in [1.29, 1.82) is 0 Å². The number of allylic oxidation sites excluding steroid dienone is 2. The zero-order valence-electron chi connectivity index (χ0n) is 30.5. The van der Waals surface area contributed by atoms with Crippen molar-refractivity contribution in [3.05, 3.63) is 114 Å². The third-order valence-corrected chi connectivity index (χ3v) is 12.7. The molecule has 6 atom stereocenters. The summed E-state index contributed by atoms with van der Waals surface area (Å²) in [6.45, 7) is 1.97. The van der Waals surface area contributed by atoms with E-state index in [4.69, 9.17) is 27.9 Å². The molecule has 2 heterocycles. The second kappa shape index (κ2) is 13.9. The van der Waals surface area contributed by atoms with Crippen molar-refractivity contribution in [2.45, 2.75) is 35.4 Å². The smallest absolute Gasteiger partial charge is 0.258 e. The Bertz CT molecular complexity index is 2340. The highest BCUT2D eigenvalue weighted by molar-refractivity contribution is 6.58. The van der Waals surface area contributed by atoms with Gasteiger partial charge in [0, 0.05) is 25.7 Å². The molecule has 11 nitrogen and oxygen atoms in total. The first kappa shape index (κ1) is 37.3.